The van der Waals surface area contributed by atoms with Gasteiger partial charge in [0.05, 0.1) is 21.7 Å². The lowest BCUT2D eigenvalue weighted by molar-refractivity contribution is -0.117. The fourth-order valence-corrected chi connectivity index (χ4v) is 4.92. The topological polar surface area (TPSA) is 62.3 Å². The first-order valence-corrected chi connectivity index (χ1v) is 10.7. The van der Waals surface area contributed by atoms with Crippen LogP contribution >= 0.6 is 23.1 Å². The lowest BCUT2D eigenvalue weighted by Gasteiger charge is -2.28. The summed E-state index contributed by atoms with van der Waals surface area (Å²) in [5, 5.41) is 3.47. The van der Waals surface area contributed by atoms with Crippen LogP contribution in [0.25, 0.3) is 10.2 Å². The minimum absolute atomic E-state index is 0.0404. The Morgan fingerprint density at radius 3 is 2.96 bits per heavy atom. The molecular weight excluding hydrogens is 378 g/mol. The number of rotatable bonds is 5. The standard InChI is InChI=1S/C20H19N3O2S2/c1-2-13-7-8-14-17(11-13)27-20(21-14)22-18(24)9-10-23-15-5-3-4-6-16(15)26-12-19(23)25/h3-8,11H,2,9-10,12H2,1H3,(H,21,22,24). The highest BCUT2D eigenvalue weighted by Gasteiger charge is 2.24. The summed E-state index contributed by atoms with van der Waals surface area (Å²) in [6, 6.07) is 14.0. The van der Waals surface area contributed by atoms with E-state index >= 15 is 0 Å². The Morgan fingerprint density at radius 1 is 1.26 bits per heavy atom. The number of thioether (sulfide) groups is 1. The number of hydrogen-bond donors (Lipinski definition) is 1. The number of anilines is 2. The van der Waals surface area contributed by atoms with Gasteiger partial charge in [-0.15, -0.1) is 11.8 Å². The molecule has 0 saturated heterocycles. The van der Waals surface area contributed by atoms with Gasteiger partial charge in [-0.05, 0) is 36.2 Å². The summed E-state index contributed by atoms with van der Waals surface area (Å²) in [6.07, 6.45) is 1.21. The maximum Gasteiger partial charge on any atom is 0.237 e. The molecule has 0 unspecified atom stereocenters. The summed E-state index contributed by atoms with van der Waals surface area (Å²) in [6.45, 7) is 2.48. The van der Waals surface area contributed by atoms with Crippen LogP contribution in [0.4, 0.5) is 10.8 Å². The summed E-state index contributed by atoms with van der Waals surface area (Å²) >= 11 is 3.02. The number of amides is 2. The SMILES string of the molecule is CCc1ccc2nc(NC(=O)CCN3C(=O)CSc4ccccc43)sc2c1. The molecule has 27 heavy (non-hydrogen) atoms. The molecule has 2 heterocycles. The van der Waals surface area contributed by atoms with Gasteiger partial charge in [-0.3, -0.25) is 9.59 Å². The summed E-state index contributed by atoms with van der Waals surface area (Å²) < 4.78 is 1.07. The van der Waals surface area contributed by atoms with Gasteiger partial charge in [0.25, 0.3) is 0 Å². The molecular formula is C20H19N3O2S2. The first-order valence-electron chi connectivity index (χ1n) is 8.85. The van der Waals surface area contributed by atoms with Gasteiger partial charge in [0.2, 0.25) is 11.8 Å². The van der Waals surface area contributed by atoms with Crippen molar-refractivity contribution in [3.8, 4) is 0 Å². The van der Waals surface area contributed by atoms with Crippen molar-refractivity contribution >= 4 is 55.9 Å². The zero-order chi connectivity index (χ0) is 18.8. The van der Waals surface area contributed by atoms with Crippen LogP contribution in [0.3, 0.4) is 0 Å². The third-order valence-corrected chi connectivity index (χ3v) is 6.46. The maximum absolute atomic E-state index is 12.4. The molecule has 0 radical (unpaired) electrons. The molecule has 0 atom stereocenters. The van der Waals surface area contributed by atoms with Crippen molar-refractivity contribution in [3.63, 3.8) is 0 Å². The highest BCUT2D eigenvalue weighted by molar-refractivity contribution is 8.00. The first kappa shape index (κ1) is 18.0. The Morgan fingerprint density at radius 2 is 2.11 bits per heavy atom. The minimum atomic E-state index is -0.131. The van der Waals surface area contributed by atoms with Crippen molar-refractivity contribution in [2.24, 2.45) is 0 Å². The van der Waals surface area contributed by atoms with Gasteiger partial charge in [0.15, 0.2) is 5.13 Å². The molecule has 0 saturated carbocycles. The third kappa shape index (κ3) is 3.84. The number of carbonyl (C=O) groups is 2. The van der Waals surface area contributed by atoms with Crippen LogP contribution in [0.15, 0.2) is 47.4 Å². The van der Waals surface area contributed by atoms with Crippen molar-refractivity contribution in [2.45, 2.75) is 24.7 Å². The second kappa shape index (κ2) is 7.70. The van der Waals surface area contributed by atoms with Crippen molar-refractivity contribution in [1.29, 1.82) is 0 Å². The van der Waals surface area contributed by atoms with E-state index in [-0.39, 0.29) is 18.2 Å². The predicted molar refractivity (Wildman–Crippen MR) is 112 cm³/mol. The molecule has 5 nitrogen and oxygen atoms in total. The van der Waals surface area contributed by atoms with Gasteiger partial charge >= 0.3 is 0 Å². The largest absolute Gasteiger partial charge is 0.310 e. The number of para-hydroxylation sites is 1. The molecule has 7 heteroatoms. The molecule has 1 aliphatic heterocycles. The van der Waals surface area contributed by atoms with Gasteiger partial charge in [-0.1, -0.05) is 36.5 Å². The number of hydrogen-bond acceptors (Lipinski definition) is 5. The number of aromatic nitrogens is 1. The molecule has 3 aromatic rings. The molecule has 1 N–H and O–H groups in total. The molecule has 0 bridgehead atoms. The van der Waals surface area contributed by atoms with Gasteiger partial charge in [0, 0.05) is 17.9 Å². The Balaban J connectivity index is 1.42. The van der Waals surface area contributed by atoms with Gasteiger partial charge < -0.3 is 10.2 Å². The normalized spacial score (nSPS) is 13.7. The average molecular weight is 398 g/mol. The third-order valence-electron chi connectivity index (χ3n) is 4.48. The minimum Gasteiger partial charge on any atom is -0.310 e. The molecule has 1 aliphatic rings. The Bertz CT molecular complexity index is 1020. The molecule has 1 aromatic heterocycles. The number of benzene rings is 2. The Kier molecular flexibility index (Phi) is 5.13. The monoisotopic (exact) mass is 397 g/mol. The lowest BCUT2D eigenvalue weighted by Crippen LogP contribution is -2.37. The van der Waals surface area contributed by atoms with E-state index in [1.165, 1.54) is 16.9 Å². The first-order chi connectivity index (χ1) is 13.1. The zero-order valence-corrected chi connectivity index (χ0v) is 16.5. The average Bonchev–Trinajstić information content (AvgIpc) is 3.08. The predicted octanol–water partition coefficient (Wildman–Crippen LogP) is 4.33. The van der Waals surface area contributed by atoms with E-state index in [4.69, 9.17) is 0 Å². The van der Waals surface area contributed by atoms with Gasteiger partial charge in [0.1, 0.15) is 0 Å². The molecule has 2 aromatic carbocycles. The van der Waals surface area contributed by atoms with Crippen molar-refractivity contribution in [2.75, 3.05) is 22.5 Å². The van der Waals surface area contributed by atoms with Gasteiger partial charge in [-0.2, -0.15) is 0 Å². The molecule has 0 spiro atoms. The zero-order valence-electron chi connectivity index (χ0n) is 14.9. The van der Waals surface area contributed by atoms with E-state index in [0.29, 0.717) is 17.4 Å². The second-order valence-corrected chi connectivity index (χ2v) is 8.32. The summed E-state index contributed by atoms with van der Waals surface area (Å²) in [7, 11) is 0. The van der Waals surface area contributed by atoms with Crippen LogP contribution < -0.4 is 10.2 Å². The van der Waals surface area contributed by atoms with Crippen molar-refractivity contribution in [3.05, 3.63) is 48.0 Å². The quantitative estimate of drug-likeness (QED) is 0.696. The summed E-state index contributed by atoms with van der Waals surface area (Å²) in [5.41, 5.74) is 3.03. The van der Waals surface area contributed by atoms with Crippen molar-refractivity contribution < 1.29 is 9.59 Å². The summed E-state index contributed by atoms with van der Waals surface area (Å²) in [5.74, 6) is 0.322. The van der Waals surface area contributed by atoms with E-state index in [0.717, 1.165) is 27.2 Å². The van der Waals surface area contributed by atoms with E-state index in [9.17, 15) is 9.59 Å². The lowest BCUT2D eigenvalue weighted by atomic mass is 10.2. The smallest absolute Gasteiger partial charge is 0.237 e. The number of aryl methyl sites for hydroxylation is 1. The number of carbonyl (C=O) groups excluding carboxylic acids is 2. The van der Waals surface area contributed by atoms with E-state index in [1.807, 2.05) is 30.3 Å². The Hall–Kier alpha value is -2.38. The fraction of sp³-hybridized carbons (Fsp3) is 0.250. The maximum atomic E-state index is 12.4. The molecule has 0 aliphatic carbocycles. The molecule has 0 fully saturated rings. The van der Waals surface area contributed by atoms with Crippen LogP contribution in [0.2, 0.25) is 0 Å². The van der Waals surface area contributed by atoms with Crippen molar-refractivity contribution in [1.82, 2.24) is 4.98 Å². The summed E-state index contributed by atoms with van der Waals surface area (Å²) in [4.78, 5) is 31.9. The number of fused-ring (bicyclic) bond motifs is 2. The number of nitrogens with zero attached hydrogens (tertiary/aromatic N) is 2. The van der Waals surface area contributed by atoms with Gasteiger partial charge in [-0.25, -0.2) is 4.98 Å². The second-order valence-electron chi connectivity index (χ2n) is 6.27. The van der Waals surface area contributed by atoms with Crippen LogP contribution in [0, 0.1) is 0 Å². The van der Waals surface area contributed by atoms with Crippen LogP contribution in [-0.2, 0) is 16.0 Å². The van der Waals surface area contributed by atoms with E-state index < -0.39 is 0 Å². The highest BCUT2D eigenvalue weighted by atomic mass is 32.2. The number of nitrogens with one attached hydrogen (secondary N) is 1. The fourth-order valence-electron chi connectivity index (χ4n) is 3.04. The van der Waals surface area contributed by atoms with Crippen LogP contribution in [-0.4, -0.2) is 29.1 Å². The van der Waals surface area contributed by atoms with Crippen LogP contribution in [0.5, 0.6) is 0 Å². The van der Waals surface area contributed by atoms with E-state index in [1.54, 1.807) is 16.7 Å². The highest BCUT2D eigenvalue weighted by Crippen LogP contribution is 2.35. The van der Waals surface area contributed by atoms with Crippen LogP contribution in [0.1, 0.15) is 18.9 Å². The van der Waals surface area contributed by atoms with E-state index in [2.05, 4.69) is 29.4 Å². The Labute approximate surface area is 165 Å². The molecule has 138 valence electrons. The number of thiazole rings is 1. The molecule has 2 amide bonds. The molecule has 4 rings (SSSR count).